The second-order valence-corrected chi connectivity index (χ2v) is 3.93. The molecule has 0 heterocycles. The first kappa shape index (κ1) is 7.86. The van der Waals surface area contributed by atoms with Gasteiger partial charge in [0.2, 0.25) is 0 Å². The summed E-state index contributed by atoms with van der Waals surface area (Å²) in [5.41, 5.74) is 2.53. The van der Waals surface area contributed by atoms with Gasteiger partial charge in [-0.2, -0.15) is 0 Å². The van der Waals surface area contributed by atoms with Crippen LogP contribution in [0.3, 0.4) is 0 Å². The molecule has 70 valence electrons. The molecular weight excluding hydrogens is 172 g/mol. The third-order valence-electron chi connectivity index (χ3n) is 3.11. The van der Waals surface area contributed by atoms with E-state index in [-0.39, 0.29) is 0 Å². The van der Waals surface area contributed by atoms with E-state index in [0.29, 0.717) is 5.75 Å². The highest BCUT2D eigenvalue weighted by molar-refractivity contribution is 5.89. The van der Waals surface area contributed by atoms with E-state index in [1.165, 1.54) is 22.9 Å². The fourth-order valence-electron chi connectivity index (χ4n) is 2.46. The number of benzene rings is 2. The molecule has 0 amide bonds. The summed E-state index contributed by atoms with van der Waals surface area (Å²) >= 11 is 0. The normalized spacial score (nSPS) is 14.6. The van der Waals surface area contributed by atoms with Gasteiger partial charge in [0.25, 0.3) is 0 Å². The highest BCUT2D eigenvalue weighted by Crippen LogP contribution is 2.35. The van der Waals surface area contributed by atoms with Gasteiger partial charge >= 0.3 is 0 Å². The van der Waals surface area contributed by atoms with Crippen molar-refractivity contribution in [3.8, 4) is 5.75 Å². The van der Waals surface area contributed by atoms with Crippen LogP contribution in [0.25, 0.3) is 10.8 Å². The van der Waals surface area contributed by atoms with Crippen molar-refractivity contribution in [1.29, 1.82) is 0 Å². The molecule has 0 radical (unpaired) electrons. The predicted octanol–water partition coefficient (Wildman–Crippen LogP) is 3.03. The van der Waals surface area contributed by atoms with Crippen LogP contribution in [0, 0.1) is 0 Å². The average Bonchev–Trinajstić information content (AvgIpc) is 2.67. The van der Waals surface area contributed by atoms with E-state index >= 15 is 0 Å². The largest absolute Gasteiger partial charge is 0.508 e. The first-order valence-corrected chi connectivity index (χ1v) is 5.09. The number of hydrogen-bond donors (Lipinski definition) is 1. The Bertz CT molecular complexity index is 500. The molecule has 0 atom stereocenters. The lowest BCUT2D eigenvalue weighted by Gasteiger charge is -2.07. The molecule has 1 N–H and O–H groups in total. The number of aromatic hydroxyl groups is 1. The van der Waals surface area contributed by atoms with Gasteiger partial charge in [-0.3, -0.25) is 0 Å². The first-order chi connectivity index (χ1) is 6.86. The molecule has 0 spiro atoms. The monoisotopic (exact) mass is 184 g/mol. The highest BCUT2D eigenvalue weighted by atomic mass is 16.3. The molecular formula is C13H12O. The minimum absolute atomic E-state index is 0.483. The van der Waals surface area contributed by atoms with Crippen molar-refractivity contribution in [3.63, 3.8) is 0 Å². The molecule has 0 saturated carbocycles. The highest BCUT2D eigenvalue weighted by Gasteiger charge is 2.17. The number of fused-ring (bicyclic) bond motifs is 3. The van der Waals surface area contributed by atoms with Crippen LogP contribution in [0.15, 0.2) is 30.3 Å². The van der Waals surface area contributed by atoms with Gasteiger partial charge in [-0.05, 0) is 47.2 Å². The first-order valence-electron chi connectivity index (χ1n) is 5.09. The second kappa shape index (κ2) is 2.74. The maximum Gasteiger partial charge on any atom is 0.119 e. The van der Waals surface area contributed by atoms with Crippen molar-refractivity contribution >= 4 is 10.8 Å². The summed E-state index contributed by atoms with van der Waals surface area (Å²) in [6, 6.07) is 10.2. The van der Waals surface area contributed by atoms with E-state index in [4.69, 9.17) is 0 Å². The summed E-state index contributed by atoms with van der Waals surface area (Å²) in [4.78, 5) is 0. The summed E-state index contributed by atoms with van der Waals surface area (Å²) < 4.78 is 0. The van der Waals surface area contributed by atoms with Crippen molar-refractivity contribution in [3.05, 3.63) is 41.5 Å². The minimum atomic E-state index is 0.483. The zero-order chi connectivity index (χ0) is 9.54. The molecule has 3 rings (SSSR count). The van der Waals surface area contributed by atoms with Gasteiger partial charge in [0.15, 0.2) is 0 Å². The topological polar surface area (TPSA) is 20.2 Å². The van der Waals surface area contributed by atoms with Gasteiger partial charge in [0.05, 0.1) is 0 Å². The fraction of sp³-hybridized carbons (Fsp3) is 0.231. The Morgan fingerprint density at radius 3 is 2.71 bits per heavy atom. The van der Waals surface area contributed by atoms with E-state index in [1.807, 2.05) is 12.1 Å². The molecule has 1 aliphatic carbocycles. The van der Waals surface area contributed by atoms with Crippen molar-refractivity contribution < 1.29 is 5.11 Å². The lowest BCUT2D eigenvalue weighted by Crippen LogP contribution is -1.85. The smallest absolute Gasteiger partial charge is 0.119 e. The summed E-state index contributed by atoms with van der Waals surface area (Å²) in [7, 11) is 0. The van der Waals surface area contributed by atoms with Crippen LogP contribution in [0.2, 0.25) is 0 Å². The van der Waals surface area contributed by atoms with Crippen LogP contribution < -0.4 is 0 Å². The predicted molar refractivity (Wildman–Crippen MR) is 57.6 cm³/mol. The molecule has 1 nitrogen and oxygen atoms in total. The Balaban J connectivity index is 2.46. The molecule has 14 heavy (non-hydrogen) atoms. The molecule has 1 heteroatoms. The second-order valence-electron chi connectivity index (χ2n) is 3.93. The molecule has 2 aromatic rings. The average molecular weight is 184 g/mol. The number of rotatable bonds is 0. The van der Waals surface area contributed by atoms with E-state index in [2.05, 4.69) is 18.2 Å². The third kappa shape index (κ3) is 0.955. The van der Waals surface area contributed by atoms with E-state index < -0.39 is 0 Å². The maximum atomic E-state index is 9.83. The lowest BCUT2D eigenvalue weighted by molar-refractivity contribution is 0.470. The van der Waals surface area contributed by atoms with Gasteiger partial charge in [0.1, 0.15) is 5.75 Å². The molecule has 0 fully saturated rings. The van der Waals surface area contributed by atoms with Gasteiger partial charge in [-0.1, -0.05) is 24.3 Å². The zero-order valence-electron chi connectivity index (χ0n) is 7.96. The van der Waals surface area contributed by atoms with Crippen molar-refractivity contribution in [2.45, 2.75) is 19.3 Å². The number of aryl methyl sites for hydroxylation is 1. The van der Waals surface area contributed by atoms with Crippen LogP contribution >= 0.6 is 0 Å². The van der Waals surface area contributed by atoms with E-state index in [0.717, 1.165) is 18.2 Å². The van der Waals surface area contributed by atoms with Gasteiger partial charge in [-0.25, -0.2) is 0 Å². The van der Waals surface area contributed by atoms with Crippen LogP contribution in [0.1, 0.15) is 17.5 Å². The van der Waals surface area contributed by atoms with Crippen LogP contribution in [-0.4, -0.2) is 5.11 Å². The summed E-state index contributed by atoms with van der Waals surface area (Å²) in [6.45, 7) is 0. The third-order valence-corrected chi connectivity index (χ3v) is 3.11. The maximum absolute atomic E-state index is 9.83. The number of hydrogen-bond acceptors (Lipinski definition) is 1. The Morgan fingerprint density at radius 2 is 1.79 bits per heavy atom. The molecule has 0 aliphatic heterocycles. The number of phenols is 1. The molecule has 0 bridgehead atoms. The van der Waals surface area contributed by atoms with Crippen LogP contribution in [0.4, 0.5) is 0 Å². The number of phenolic OH excluding ortho intramolecular Hbond substituents is 1. The standard InChI is InChI=1S/C13H12O/c14-13-8-9-4-1-2-5-10(9)11-6-3-7-12(11)13/h1-2,4-5,8,14H,3,6-7H2. The quantitative estimate of drug-likeness (QED) is 0.667. The summed E-state index contributed by atoms with van der Waals surface area (Å²) in [5.74, 6) is 0.483. The van der Waals surface area contributed by atoms with Gasteiger partial charge in [-0.15, -0.1) is 0 Å². The molecule has 0 aromatic heterocycles. The summed E-state index contributed by atoms with van der Waals surface area (Å²) in [6.07, 6.45) is 3.33. The summed E-state index contributed by atoms with van der Waals surface area (Å²) in [5, 5.41) is 12.3. The van der Waals surface area contributed by atoms with Gasteiger partial charge in [0, 0.05) is 0 Å². The van der Waals surface area contributed by atoms with E-state index in [1.54, 1.807) is 0 Å². The molecule has 2 aromatic carbocycles. The Labute approximate surface area is 83.0 Å². The molecule has 1 aliphatic rings. The van der Waals surface area contributed by atoms with E-state index in [9.17, 15) is 5.11 Å². The SMILES string of the molecule is Oc1cc2ccccc2c2c1CCC2. The van der Waals surface area contributed by atoms with Gasteiger partial charge < -0.3 is 5.11 Å². The fourth-order valence-corrected chi connectivity index (χ4v) is 2.46. The van der Waals surface area contributed by atoms with Crippen molar-refractivity contribution in [2.75, 3.05) is 0 Å². The molecule has 0 saturated heterocycles. The zero-order valence-corrected chi connectivity index (χ0v) is 7.96. The minimum Gasteiger partial charge on any atom is -0.508 e. The van der Waals surface area contributed by atoms with Crippen molar-refractivity contribution in [1.82, 2.24) is 0 Å². The van der Waals surface area contributed by atoms with Crippen molar-refractivity contribution in [2.24, 2.45) is 0 Å². The molecule has 0 unspecified atom stereocenters. The van der Waals surface area contributed by atoms with Crippen LogP contribution in [-0.2, 0) is 12.8 Å². The van der Waals surface area contributed by atoms with Crippen LogP contribution in [0.5, 0.6) is 5.75 Å². The Hall–Kier alpha value is -1.50. The lowest BCUT2D eigenvalue weighted by atomic mass is 10.0. The Morgan fingerprint density at radius 1 is 1.00 bits per heavy atom. The Kier molecular flexibility index (Phi) is 1.54.